The second-order valence-electron chi connectivity index (χ2n) is 6.05. The summed E-state index contributed by atoms with van der Waals surface area (Å²) in [4.78, 5) is 0. The van der Waals surface area contributed by atoms with Gasteiger partial charge in [0.2, 0.25) is 0 Å². The molecule has 2 saturated heterocycles. The van der Waals surface area contributed by atoms with Gasteiger partial charge in [0.25, 0.3) is 0 Å². The Balaban J connectivity index is 1.87. The van der Waals surface area contributed by atoms with Crippen LogP contribution in [0.5, 0.6) is 0 Å². The van der Waals surface area contributed by atoms with Gasteiger partial charge in [0.15, 0.2) is 0 Å². The minimum atomic E-state index is 0.176. The topological polar surface area (TPSA) is 25.2 Å². The first-order valence-corrected chi connectivity index (χ1v) is 7.03. The maximum absolute atomic E-state index is 5.74. The Kier molecular flexibility index (Phi) is 2.13. The molecule has 3 unspecified atom stereocenters. The second kappa shape index (κ2) is 3.61. The molecule has 1 aromatic heterocycles. The van der Waals surface area contributed by atoms with Crippen molar-refractivity contribution >= 4 is 11.0 Å². The zero-order chi connectivity index (χ0) is 12.2. The van der Waals surface area contributed by atoms with Crippen LogP contribution in [0.3, 0.4) is 0 Å². The highest BCUT2D eigenvalue weighted by Crippen LogP contribution is 2.47. The number of hydrogen-bond donors (Lipinski definition) is 1. The Hall–Kier alpha value is -1.28. The summed E-state index contributed by atoms with van der Waals surface area (Å²) >= 11 is 0. The molecule has 1 aromatic carbocycles. The lowest BCUT2D eigenvalue weighted by Gasteiger charge is -2.34. The van der Waals surface area contributed by atoms with Crippen molar-refractivity contribution in [3.05, 3.63) is 36.1 Å². The first kappa shape index (κ1) is 10.6. The number of benzene rings is 1. The van der Waals surface area contributed by atoms with Gasteiger partial charge in [0, 0.05) is 22.5 Å². The van der Waals surface area contributed by atoms with E-state index in [9.17, 15) is 0 Å². The molecule has 2 fully saturated rings. The van der Waals surface area contributed by atoms with Crippen LogP contribution in [0.1, 0.15) is 38.2 Å². The molecule has 4 rings (SSSR count). The van der Waals surface area contributed by atoms with Gasteiger partial charge in [-0.3, -0.25) is 0 Å². The average Bonchev–Trinajstić information content (AvgIpc) is 2.91. The largest absolute Gasteiger partial charge is 0.464 e. The van der Waals surface area contributed by atoms with Crippen molar-refractivity contribution in [1.29, 1.82) is 0 Å². The van der Waals surface area contributed by atoms with Gasteiger partial charge in [0.1, 0.15) is 5.58 Å². The standard InChI is InChI=1S/C16H19NO/c1-11-9-16(8-4-6-14(11)17-16)13-10-18-15-7-3-2-5-12(13)15/h2-3,5,7,10-11,14,17H,4,6,8-9H2,1H3. The predicted octanol–water partition coefficient (Wildman–Crippen LogP) is 3.81. The van der Waals surface area contributed by atoms with Gasteiger partial charge in [-0.15, -0.1) is 0 Å². The van der Waals surface area contributed by atoms with Crippen LogP contribution in [0.4, 0.5) is 0 Å². The molecule has 18 heavy (non-hydrogen) atoms. The van der Waals surface area contributed by atoms with Gasteiger partial charge in [-0.05, 0) is 37.7 Å². The quantitative estimate of drug-likeness (QED) is 0.821. The smallest absolute Gasteiger partial charge is 0.134 e. The predicted molar refractivity (Wildman–Crippen MR) is 72.4 cm³/mol. The van der Waals surface area contributed by atoms with Crippen molar-refractivity contribution in [3.8, 4) is 0 Å². The zero-order valence-corrected chi connectivity index (χ0v) is 10.8. The van der Waals surface area contributed by atoms with Crippen molar-refractivity contribution in [2.24, 2.45) is 5.92 Å². The Morgan fingerprint density at radius 1 is 1.33 bits per heavy atom. The third-order valence-electron chi connectivity index (χ3n) is 4.93. The van der Waals surface area contributed by atoms with Crippen molar-refractivity contribution in [1.82, 2.24) is 5.32 Å². The zero-order valence-electron chi connectivity index (χ0n) is 10.8. The van der Waals surface area contributed by atoms with Gasteiger partial charge < -0.3 is 9.73 Å². The lowest BCUT2D eigenvalue weighted by molar-refractivity contribution is 0.279. The van der Waals surface area contributed by atoms with Gasteiger partial charge in [0.05, 0.1) is 6.26 Å². The fourth-order valence-corrected chi connectivity index (χ4v) is 4.07. The van der Waals surface area contributed by atoms with Gasteiger partial charge in [-0.25, -0.2) is 0 Å². The summed E-state index contributed by atoms with van der Waals surface area (Å²) in [7, 11) is 0. The molecule has 0 amide bonds. The second-order valence-corrected chi connectivity index (χ2v) is 6.05. The molecule has 2 bridgehead atoms. The molecule has 0 saturated carbocycles. The summed E-state index contributed by atoms with van der Waals surface area (Å²) in [6.45, 7) is 2.38. The number of furan rings is 1. The lowest BCUT2D eigenvalue weighted by Crippen LogP contribution is -2.44. The van der Waals surface area contributed by atoms with Gasteiger partial charge in [-0.2, -0.15) is 0 Å². The molecule has 2 aliphatic heterocycles. The number of hydrogen-bond acceptors (Lipinski definition) is 2. The molecular weight excluding hydrogens is 222 g/mol. The van der Waals surface area contributed by atoms with E-state index in [4.69, 9.17) is 4.42 Å². The van der Waals surface area contributed by atoms with E-state index in [1.165, 1.54) is 36.6 Å². The molecule has 3 heterocycles. The molecule has 1 N–H and O–H groups in total. The van der Waals surface area contributed by atoms with E-state index in [0.717, 1.165) is 11.5 Å². The monoisotopic (exact) mass is 241 g/mol. The van der Waals surface area contributed by atoms with Crippen molar-refractivity contribution < 1.29 is 4.42 Å². The summed E-state index contributed by atoms with van der Waals surface area (Å²) in [6, 6.07) is 9.11. The minimum absolute atomic E-state index is 0.176. The van der Waals surface area contributed by atoms with E-state index in [2.05, 4.69) is 30.4 Å². The maximum Gasteiger partial charge on any atom is 0.134 e. The molecule has 2 aliphatic rings. The third kappa shape index (κ3) is 1.33. The highest BCUT2D eigenvalue weighted by molar-refractivity contribution is 5.82. The van der Waals surface area contributed by atoms with E-state index in [-0.39, 0.29) is 5.54 Å². The van der Waals surface area contributed by atoms with Crippen molar-refractivity contribution in [2.45, 2.75) is 44.2 Å². The number of fused-ring (bicyclic) bond motifs is 3. The summed E-state index contributed by atoms with van der Waals surface area (Å²) in [5, 5.41) is 5.18. The molecule has 2 heteroatoms. The SMILES string of the molecule is CC1CC2(c3coc4ccccc34)CCCC1N2. The highest BCUT2D eigenvalue weighted by Gasteiger charge is 2.47. The molecule has 0 spiro atoms. The van der Waals surface area contributed by atoms with Crippen molar-refractivity contribution in [2.75, 3.05) is 0 Å². The van der Waals surface area contributed by atoms with Gasteiger partial charge >= 0.3 is 0 Å². The highest BCUT2D eigenvalue weighted by atomic mass is 16.3. The first-order valence-electron chi connectivity index (χ1n) is 7.03. The third-order valence-corrected chi connectivity index (χ3v) is 4.93. The Labute approximate surface area is 107 Å². The molecule has 2 nitrogen and oxygen atoms in total. The minimum Gasteiger partial charge on any atom is -0.464 e. The fraction of sp³-hybridized carbons (Fsp3) is 0.500. The molecule has 3 atom stereocenters. The Bertz CT molecular complexity index is 584. The molecule has 94 valence electrons. The summed E-state index contributed by atoms with van der Waals surface area (Å²) in [6.07, 6.45) is 7.15. The first-order chi connectivity index (χ1) is 8.78. The summed E-state index contributed by atoms with van der Waals surface area (Å²) < 4.78 is 5.74. The fourth-order valence-electron chi connectivity index (χ4n) is 4.07. The molecule has 2 aromatic rings. The number of rotatable bonds is 1. The van der Waals surface area contributed by atoms with Crippen LogP contribution < -0.4 is 5.32 Å². The van der Waals surface area contributed by atoms with E-state index in [1.54, 1.807) is 0 Å². The summed E-state index contributed by atoms with van der Waals surface area (Å²) in [5.74, 6) is 0.779. The van der Waals surface area contributed by atoms with E-state index in [0.29, 0.717) is 6.04 Å². The van der Waals surface area contributed by atoms with Crippen LogP contribution in [0.2, 0.25) is 0 Å². The average molecular weight is 241 g/mol. The van der Waals surface area contributed by atoms with Crippen molar-refractivity contribution in [3.63, 3.8) is 0 Å². The van der Waals surface area contributed by atoms with Crippen LogP contribution in [-0.4, -0.2) is 6.04 Å². The molecule has 0 aliphatic carbocycles. The molecular formula is C16H19NO. The van der Waals surface area contributed by atoms with Crippen LogP contribution in [0.25, 0.3) is 11.0 Å². The number of nitrogens with one attached hydrogen (secondary N) is 1. The maximum atomic E-state index is 5.74. The normalized spacial score (nSPS) is 35.2. The van der Waals surface area contributed by atoms with Crippen LogP contribution >= 0.6 is 0 Å². The van der Waals surface area contributed by atoms with E-state index >= 15 is 0 Å². The number of para-hydroxylation sites is 1. The van der Waals surface area contributed by atoms with E-state index < -0.39 is 0 Å². The summed E-state index contributed by atoms with van der Waals surface area (Å²) in [5.41, 5.74) is 2.58. The Morgan fingerprint density at radius 3 is 3.17 bits per heavy atom. The van der Waals surface area contributed by atoms with Crippen LogP contribution in [-0.2, 0) is 5.54 Å². The van der Waals surface area contributed by atoms with Crippen LogP contribution in [0.15, 0.2) is 34.9 Å². The van der Waals surface area contributed by atoms with Crippen LogP contribution in [0, 0.1) is 5.92 Å². The Morgan fingerprint density at radius 2 is 2.22 bits per heavy atom. The van der Waals surface area contributed by atoms with Gasteiger partial charge in [-0.1, -0.05) is 25.1 Å². The lowest BCUT2D eigenvalue weighted by atomic mass is 9.82. The molecule has 0 radical (unpaired) electrons. The number of piperidine rings is 1. The van der Waals surface area contributed by atoms with E-state index in [1.807, 2.05) is 12.3 Å².